The van der Waals surface area contributed by atoms with Crippen molar-refractivity contribution in [3.63, 3.8) is 0 Å². The number of benzene rings is 1. The first-order valence-electron chi connectivity index (χ1n) is 12.2. The van der Waals surface area contributed by atoms with Gasteiger partial charge in [-0.2, -0.15) is 5.10 Å². The summed E-state index contributed by atoms with van der Waals surface area (Å²) in [4.78, 5) is 17.9. The number of aliphatic hydroxyl groups excluding tert-OH is 1. The number of thiophene rings is 1. The SMILES string of the molecule is CC(C)(C)CC(O)Nc1cncc(-c2cc3c(-c4nc5nccc(-c6cccs6)c5[nH]4)n[nH]c3cc2F)c1. The number of hydrogen-bond donors (Lipinski definition) is 4. The summed E-state index contributed by atoms with van der Waals surface area (Å²) in [6.07, 6.45) is 4.76. The summed E-state index contributed by atoms with van der Waals surface area (Å²) in [5.74, 6) is 0.132. The zero-order chi connectivity index (χ0) is 26.4. The van der Waals surface area contributed by atoms with Crippen molar-refractivity contribution in [3.05, 3.63) is 66.2 Å². The van der Waals surface area contributed by atoms with Gasteiger partial charge in [0, 0.05) is 45.4 Å². The molecule has 1 unspecified atom stereocenters. The van der Waals surface area contributed by atoms with Gasteiger partial charge in [-0.05, 0) is 41.5 Å². The molecule has 1 aromatic carbocycles. The number of halogens is 1. The lowest BCUT2D eigenvalue weighted by Gasteiger charge is -2.23. The normalized spacial score (nSPS) is 12.9. The van der Waals surface area contributed by atoms with Crippen LogP contribution in [0.3, 0.4) is 0 Å². The van der Waals surface area contributed by atoms with Crippen molar-refractivity contribution in [1.82, 2.24) is 30.1 Å². The predicted octanol–water partition coefficient (Wildman–Crippen LogP) is 6.60. The van der Waals surface area contributed by atoms with Crippen LogP contribution in [0.2, 0.25) is 0 Å². The van der Waals surface area contributed by atoms with Crippen LogP contribution in [0.4, 0.5) is 10.1 Å². The maximum Gasteiger partial charge on any atom is 0.178 e. The maximum absolute atomic E-state index is 15.2. The molecule has 0 radical (unpaired) electrons. The predicted molar refractivity (Wildman–Crippen MR) is 149 cm³/mol. The van der Waals surface area contributed by atoms with E-state index in [2.05, 4.69) is 62.3 Å². The standard InChI is InChI=1S/C28H26FN7OS/c1-28(2,3)12-23(37)32-16-9-15(13-30-14-16)18-10-19-21(11-20(18)29)35-36-25(19)27-33-24-17(22-5-4-8-38-22)6-7-31-26(24)34-27/h4-11,13-14,23,32,37H,12H2,1-3H3,(H,35,36)(H,31,33,34). The summed E-state index contributed by atoms with van der Waals surface area (Å²) < 4.78 is 15.2. The molecule has 0 aliphatic rings. The number of anilines is 1. The van der Waals surface area contributed by atoms with Crippen molar-refractivity contribution in [2.45, 2.75) is 33.4 Å². The molecule has 0 fully saturated rings. The number of pyridine rings is 2. The van der Waals surface area contributed by atoms with Crippen LogP contribution in [-0.2, 0) is 0 Å². The Morgan fingerprint density at radius 3 is 2.79 bits per heavy atom. The fourth-order valence-electron chi connectivity index (χ4n) is 4.59. The smallest absolute Gasteiger partial charge is 0.178 e. The average molecular weight is 528 g/mol. The lowest BCUT2D eigenvalue weighted by molar-refractivity contribution is 0.145. The number of imidazole rings is 1. The van der Waals surface area contributed by atoms with Crippen molar-refractivity contribution in [2.24, 2.45) is 5.41 Å². The molecule has 1 atom stereocenters. The van der Waals surface area contributed by atoms with Crippen molar-refractivity contribution in [2.75, 3.05) is 5.32 Å². The Morgan fingerprint density at radius 2 is 2.00 bits per heavy atom. The summed E-state index contributed by atoms with van der Waals surface area (Å²) in [6, 6.07) is 11.0. The molecular formula is C28H26FN7OS. The number of aromatic nitrogens is 6. The van der Waals surface area contributed by atoms with E-state index in [0.717, 1.165) is 16.0 Å². The summed E-state index contributed by atoms with van der Waals surface area (Å²) in [6.45, 7) is 6.17. The van der Waals surface area contributed by atoms with Gasteiger partial charge in [-0.1, -0.05) is 26.8 Å². The average Bonchev–Trinajstić information content (AvgIpc) is 3.61. The van der Waals surface area contributed by atoms with Gasteiger partial charge in [0.2, 0.25) is 0 Å². The molecule has 5 aromatic heterocycles. The lowest BCUT2D eigenvalue weighted by atomic mass is 9.91. The van der Waals surface area contributed by atoms with E-state index in [1.807, 2.05) is 17.5 Å². The molecule has 10 heteroatoms. The van der Waals surface area contributed by atoms with Crippen molar-refractivity contribution < 1.29 is 9.50 Å². The minimum atomic E-state index is -0.749. The second-order valence-corrected chi connectivity index (χ2v) is 11.4. The highest BCUT2D eigenvalue weighted by Crippen LogP contribution is 2.35. The summed E-state index contributed by atoms with van der Waals surface area (Å²) in [5, 5.41) is 23.6. The van der Waals surface area contributed by atoms with Crippen LogP contribution in [0, 0.1) is 11.2 Å². The fraction of sp³-hybridized carbons (Fsp3) is 0.214. The summed E-state index contributed by atoms with van der Waals surface area (Å²) >= 11 is 1.64. The van der Waals surface area contributed by atoms with Crippen LogP contribution in [0.5, 0.6) is 0 Å². The van der Waals surface area contributed by atoms with Crippen LogP contribution < -0.4 is 5.32 Å². The molecule has 0 amide bonds. The van der Waals surface area contributed by atoms with E-state index in [1.54, 1.807) is 42.1 Å². The number of rotatable bonds is 6. The Balaban J connectivity index is 1.39. The van der Waals surface area contributed by atoms with Gasteiger partial charge in [0.25, 0.3) is 0 Å². The van der Waals surface area contributed by atoms with Crippen LogP contribution >= 0.6 is 11.3 Å². The highest BCUT2D eigenvalue weighted by molar-refractivity contribution is 7.13. The molecule has 4 N–H and O–H groups in total. The Hall–Kier alpha value is -4.15. The highest BCUT2D eigenvalue weighted by Gasteiger charge is 2.20. The molecule has 0 saturated heterocycles. The van der Waals surface area contributed by atoms with Crippen molar-refractivity contribution in [3.8, 4) is 33.1 Å². The molecule has 5 heterocycles. The van der Waals surface area contributed by atoms with Crippen LogP contribution in [0.15, 0.2) is 60.4 Å². The van der Waals surface area contributed by atoms with Crippen LogP contribution in [0.25, 0.3) is 55.2 Å². The van der Waals surface area contributed by atoms with Gasteiger partial charge < -0.3 is 15.4 Å². The number of nitrogens with zero attached hydrogens (tertiary/aromatic N) is 4. The van der Waals surface area contributed by atoms with Gasteiger partial charge in [0.1, 0.15) is 17.7 Å². The van der Waals surface area contributed by atoms with E-state index in [1.165, 1.54) is 6.07 Å². The second-order valence-electron chi connectivity index (χ2n) is 10.5. The second kappa shape index (κ2) is 9.30. The van der Waals surface area contributed by atoms with Gasteiger partial charge in [0.05, 0.1) is 22.9 Å². The van der Waals surface area contributed by atoms with Crippen molar-refractivity contribution in [1.29, 1.82) is 0 Å². The zero-order valence-corrected chi connectivity index (χ0v) is 21.9. The molecule has 38 heavy (non-hydrogen) atoms. The van der Waals surface area contributed by atoms with Crippen LogP contribution in [-0.4, -0.2) is 41.5 Å². The lowest BCUT2D eigenvalue weighted by Crippen LogP contribution is -2.25. The van der Waals surface area contributed by atoms with E-state index in [0.29, 0.717) is 51.3 Å². The Bertz CT molecular complexity index is 1750. The van der Waals surface area contributed by atoms with Gasteiger partial charge in [-0.25, -0.2) is 14.4 Å². The van der Waals surface area contributed by atoms with Gasteiger partial charge in [-0.3, -0.25) is 10.1 Å². The number of H-pyrrole nitrogens is 2. The first kappa shape index (κ1) is 24.2. The largest absolute Gasteiger partial charge is 0.374 e. The number of nitrogens with one attached hydrogen (secondary N) is 3. The van der Waals surface area contributed by atoms with E-state index in [-0.39, 0.29) is 5.41 Å². The number of hydrogen-bond acceptors (Lipinski definition) is 7. The number of aliphatic hydroxyl groups is 1. The molecule has 6 aromatic rings. The van der Waals surface area contributed by atoms with E-state index >= 15 is 4.39 Å². The topological polar surface area (TPSA) is 115 Å². The third-order valence-electron chi connectivity index (χ3n) is 6.24. The Kier molecular flexibility index (Phi) is 5.93. The van der Waals surface area contributed by atoms with Gasteiger partial charge in [-0.15, -0.1) is 11.3 Å². The van der Waals surface area contributed by atoms with Crippen molar-refractivity contribution >= 4 is 39.1 Å². The highest BCUT2D eigenvalue weighted by atomic mass is 32.1. The number of fused-ring (bicyclic) bond motifs is 2. The summed E-state index contributed by atoms with van der Waals surface area (Å²) in [7, 11) is 0. The molecule has 0 aliphatic heterocycles. The number of aromatic amines is 2. The molecular weight excluding hydrogens is 501 g/mol. The molecule has 192 valence electrons. The van der Waals surface area contributed by atoms with E-state index in [9.17, 15) is 5.11 Å². The zero-order valence-electron chi connectivity index (χ0n) is 21.1. The monoisotopic (exact) mass is 527 g/mol. The summed E-state index contributed by atoms with van der Waals surface area (Å²) in [5.41, 5.74) is 5.04. The fourth-order valence-corrected chi connectivity index (χ4v) is 5.35. The molecule has 8 nitrogen and oxygen atoms in total. The molecule has 0 spiro atoms. The third-order valence-corrected chi connectivity index (χ3v) is 7.14. The Labute approximate surface area is 222 Å². The van der Waals surface area contributed by atoms with Gasteiger partial charge >= 0.3 is 0 Å². The maximum atomic E-state index is 15.2. The van der Waals surface area contributed by atoms with Crippen LogP contribution in [0.1, 0.15) is 27.2 Å². The first-order valence-corrected chi connectivity index (χ1v) is 13.1. The first-order chi connectivity index (χ1) is 18.2. The Morgan fingerprint density at radius 1 is 1.13 bits per heavy atom. The molecule has 6 rings (SSSR count). The third kappa shape index (κ3) is 4.64. The van der Waals surface area contributed by atoms with E-state index in [4.69, 9.17) is 0 Å². The molecule has 0 aliphatic carbocycles. The quantitative estimate of drug-likeness (QED) is 0.182. The minimum absolute atomic E-state index is 0.0526. The molecule has 0 saturated carbocycles. The van der Waals surface area contributed by atoms with E-state index < -0.39 is 12.0 Å². The molecule has 0 bridgehead atoms. The van der Waals surface area contributed by atoms with Gasteiger partial charge in [0.15, 0.2) is 11.5 Å². The minimum Gasteiger partial charge on any atom is -0.374 e.